The number of carbonyl (C=O) groups is 1. The number of nitrogens with two attached hydrogens (primary N) is 1. The van der Waals surface area contributed by atoms with Crippen molar-refractivity contribution < 1.29 is 13.9 Å². The summed E-state index contributed by atoms with van der Waals surface area (Å²) in [6, 6.07) is 4.74. The van der Waals surface area contributed by atoms with Crippen LogP contribution in [0.2, 0.25) is 0 Å². The van der Waals surface area contributed by atoms with E-state index in [4.69, 9.17) is 10.5 Å². The number of hydrogen-bond donors (Lipinski definition) is 1. The molecule has 116 valence electrons. The van der Waals surface area contributed by atoms with Crippen LogP contribution in [0.5, 0.6) is 5.75 Å². The van der Waals surface area contributed by atoms with E-state index in [1.165, 1.54) is 13.2 Å². The Morgan fingerprint density at radius 2 is 2.19 bits per heavy atom. The first-order valence-corrected chi connectivity index (χ1v) is 7.30. The average Bonchev–Trinajstić information content (AvgIpc) is 3.29. The topological polar surface area (TPSA) is 55.6 Å². The van der Waals surface area contributed by atoms with Gasteiger partial charge in [0.05, 0.1) is 12.6 Å². The fourth-order valence-corrected chi connectivity index (χ4v) is 2.55. The Hall–Kier alpha value is -1.62. The van der Waals surface area contributed by atoms with Crippen molar-refractivity contribution in [3.8, 4) is 5.75 Å². The van der Waals surface area contributed by atoms with E-state index in [2.05, 4.69) is 0 Å². The van der Waals surface area contributed by atoms with Crippen LogP contribution in [-0.2, 0) is 11.3 Å². The molecule has 5 heteroatoms. The molecule has 0 spiro atoms. The fraction of sp³-hybridized carbons (Fsp3) is 0.562. The van der Waals surface area contributed by atoms with Crippen LogP contribution < -0.4 is 10.5 Å². The normalized spacial score (nSPS) is 17.2. The van der Waals surface area contributed by atoms with Gasteiger partial charge in [-0.1, -0.05) is 6.07 Å². The minimum absolute atomic E-state index is 0.0660. The van der Waals surface area contributed by atoms with Crippen molar-refractivity contribution in [1.29, 1.82) is 0 Å². The molecule has 0 aliphatic heterocycles. The van der Waals surface area contributed by atoms with E-state index >= 15 is 0 Å². The van der Waals surface area contributed by atoms with Crippen molar-refractivity contribution in [3.63, 3.8) is 0 Å². The van der Waals surface area contributed by atoms with Gasteiger partial charge in [-0.05, 0) is 50.3 Å². The van der Waals surface area contributed by atoms with E-state index in [-0.39, 0.29) is 17.6 Å². The molecule has 1 aliphatic carbocycles. The van der Waals surface area contributed by atoms with Gasteiger partial charge in [0.1, 0.15) is 0 Å². The van der Waals surface area contributed by atoms with Crippen LogP contribution in [0.1, 0.15) is 32.3 Å². The molecular weight excluding hydrogens is 271 g/mol. The number of carbonyl (C=O) groups excluding carboxylic acids is 1. The van der Waals surface area contributed by atoms with Crippen molar-refractivity contribution in [2.75, 3.05) is 13.7 Å². The maximum Gasteiger partial charge on any atom is 0.242 e. The van der Waals surface area contributed by atoms with Crippen molar-refractivity contribution >= 4 is 5.91 Å². The molecule has 1 aromatic carbocycles. The molecule has 1 aliphatic rings. The van der Waals surface area contributed by atoms with Gasteiger partial charge in [0, 0.05) is 13.1 Å². The molecule has 1 amide bonds. The summed E-state index contributed by atoms with van der Waals surface area (Å²) in [5.74, 6) is -0.0126. The van der Waals surface area contributed by atoms with E-state index in [1.54, 1.807) is 24.0 Å². The van der Waals surface area contributed by atoms with Crippen molar-refractivity contribution in [2.24, 2.45) is 11.7 Å². The smallest absolute Gasteiger partial charge is 0.242 e. The molecule has 0 aromatic heterocycles. The first-order valence-electron chi connectivity index (χ1n) is 7.30. The van der Waals surface area contributed by atoms with E-state index < -0.39 is 11.4 Å². The summed E-state index contributed by atoms with van der Waals surface area (Å²) >= 11 is 0. The van der Waals surface area contributed by atoms with Crippen LogP contribution in [-0.4, -0.2) is 30.0 Å². The van der Waals surface area contributed by atoms with Crippen LogP contribution in [0.4, 0.5) is 4.39 Å². The third-order valence-corrected chi connectivity index (χ3v) is 4.14. The molecule has 2 N–H and O–H groups in total. The lowest BCUT2D eigenvalue weighted by molar-refractivity contribution is -0.137. The molecule has 21 heavy (non-hydrogen) atoms. The Morgan fingerprint density at radius 3 is 2.67 bits per heavy atom. The quantitative estimate of drug-likeness (QED) is 0.876. The molecule has 1 atom stereocenters. The highest BCUT2D eigenvalue weighted by Crippen LogP contribution is 2.39. The molecule has 1 saturated carbocycles. The van der Waals surface area contributed by atoms with Crippen molar-refractivity contribution in [1.82, 2.24) is 4.90 Å². The van der Waals surface area contributed by atoms with Gasteiger partial charge in [0.15, 0.2) is 11.6 Å². The van der Waals surface area contributed by atoms with Gasteiger partial charge in [0.25, 0.3) is 0 Å². The lowest BCUT2D eigenvalue weighted by atomic mass is 9.95. The van der Waals surface area contributed by atoms with Gasteiger partial charge in [-0.3, -0.25) is 4.79 Å². The predicted octanol–water partition coefficient (Wildman–Crippen LogP) is 2.31. The maximum absolute atomic E-state index is 13.7. The standard InChI is InChI=1S/C16H23FN2O2/c1-4-19(15(20)16(2,18)12-6-7-12)10-11-5-8-14(21-3)13(17)9-11/h5,8-9,12H,4,6-7,10,18H2,1-3H3. The van der Waals surface area contributed by atoms with Crippen LogP contribution >= 0.6 is 0 Å². The number of rotatable bonds is 6. The molecule has 1 fully saturated rings. The number of benzene rings is 1. The van der Waals surface area contributed by atoms with E-state index in [0.29, 0.717) is 13.1 Å². The molecular formula is C16H23FN2O2. The third-order valence-electron chi connectivity index (χ3n) is 4.14. The zero-order valence-corrected chi connectivity index (χ0v) is 12.9. The minimum atomic E-state index is -0.818. The highest BCUT2D eigenvalue weighted by Gasteiger charge is 2.45. The molecule has 0 saturated heterocycles. The zero-order chi connectivity index (χ0) is 15.6. The monoisotopic (exact) mass is 294 g/mol. The van der Waals surface area contributed by atoms with Gasteiger partial charge >= 0.3 is 0 Å². The first kappa shape index (κ1) is 15.8. The summed E-state index contributed by atoms with van der Waals surface area (Å²) in [7, 11) is 1.43. The Kier molecular flexibility index (Phi) is 4.52. The SMILES string of the molecule is CCN(Cc1ccc(OC)c(F)c1)C(=O)C(C)(N)C1CC1. The number of nitrogens with zero attached hydrogens (tertiary/aromatic N) is 1. The number of hydrogen-bond acceptors (Lipinski definition) is 3. The number of amides is 1. The van der Waals surface area contributed by atoms with Crippen LogP contribution in [0.25, 0.3) is 0 Å². The molecule has 0 heterocycles. The minimum Gasteiger partial charge on any atom is -0.494 e. The second-order valence-corrected chi connectivity index (χ2v) is 5.85. The van der Waals surface area contributed by atoms with Gasteiger partial charge < -0.3 is 15.4 Å². The number of halogens is 1. The van der Waals surface area contributed by atoms with Crippen molar-refractivity contribution in [3.05, 3.63) is 29.6 Å². The van der Waals surface area contributed by atoms with E-state index in [0.717, 1.165) is 18.4 Å². The summed E-state index contributed by atoms with van der Waals surface area (Å²) in [5, 5.41) is 0. The average molecular weight is 294 g/mol. The molecule has 1 unspecified atom stereocenters. The molecule has 0 bridgehead atoms. The van der Waals surface area contributed by atoms with Crippen molar-refractivity contribution in [2.45, 2.75) is 38.8 Å². The Balaban J connectivity index is 2.11. The number of methoxy groups -OCH3 is 1. The maximum atomic E-state index is 13.7. The van der Waals surface area contributed by atoms with Gasteiger partial charge in [-0.15, -0.1) is 0 Å². The predicted molar refractivity (Wildman–Crippen MR) is 79.4 cm³/mol. The van der Waals surface area contributed by atoms with E-state index in [9.17, 15) is 9.18 Å². The largest absolute Gasteiger partial charge is 0.494 e. The summed E-state index contributed by atoms with van der Waals surface area (Å²) < 4.78 is 18.6. The Labute approximate surface area is 125 Å². The van der Waals surface area contributed by atoms with Gasteiger partial charge in [-0.25, -0.2) is 4.39 Å². The van der Waals surface area contributed by atoms with Crippen LogP contribution in [0.15, 0.2) is 18.2 Å². The third kappa shape index (κ3) is 3.35. The Bertz CT molecular complexity index is 527. The lowest BCUT2D eigenvalue weighted by Gasteiger charge is -2.31. The summed E-state index contributed by atoms with van der Waals surface area (Å²) in [4.78, 5) is 14.3. The van der Waals surface area contributed by atoms with Gasteiger partial charge in [0.2, 0.25) is 5.91 Å². The number of ether oxygens (including phenoxy) is 1. The molecule has 0 radical (unpaired) electrons. The molecule has 1 aromatic rings. The van der Waals surface area contributed by atoms with Gasteiger partial charge in [-0.2, -0.15) is 0 Å². The lowest BCUT2D eigenvalue weighted by Crippen LogP contribution is -2.54. The molecule has 2 rings (SSSR count). The summed E-state index contributed by atoms with van der Waals surface area (Å²) in [5.41, 5.74) is 6.10. The second kappa shape index (κ2) is 6.02. The van der Waals surface area contributed by atoms with Crippen LogP contribution in [0, 0.1) is 11.7 Å². The van der Waals surface area contributed by atoms with E-state index in [1.807, 2.05) is 6.92 Å². The molecule has 4 nitrogen and oxygen atoms in total. The fourth-order valence-electron chi connectivity index (χ4n) is 2.55. The zero-order valence-electron chi connectivity index (χ0n) is 12.9. The van der Waals surface area contributed by atoms with Crippen LogP contribution in [0.3, 0.4) is 0 Å². The summed E-state index contributed by atoms with van der Waals surface area (Å²) in [6.07, 6.45) is 2.01. The first-order chi connectivity index (χ1) is 9.90. The summed E-state index contributed by atoms with van der Waals surface area (Å²) in [6.45, 7) is 4.60. The second-order valence-electron chi connectivity index (χ2n) is 5.85. The highest BCUT2D eigenvalue weighted by molar-refractivity contribution is 5.86. The highest BCUT2D eigenvalue weighted by atomic mass is 19.1. The number of likely N-dealkylation sites (N-methyl/N-ethyl adjacent to an activating group) is 1. The Morgan fingerprint density at radius 1 is 1.52 bits per heavy atom.